The first-order valence-corrected chi connectivity index (χ1v) is 8.94. The largest absolute Gasteiger partial charge is 0.497 e. The van der Waals surface area contributed by atoms with Crippen LogP contribution < -0.4 is 9.47 Å². The molecule has 0 spiro atoms. The number of hydrogen-bond acceptors (Lipinski definition) is 7. The molecule has 0 atom stereocenters. The van der Waals surface area contributed by atoms with Crippen LogP contribution in [0.2, 0.25) is 5.02 Å². The van der Waals surface area contributed by atoms with Crippen molar-refractivity contribution in [2.75, 3.05) is 20.0 Å². The van der Waals surface area contributed by atoms with Crippen LogP contribution in [0.4, 0.5) is 0 Å². The monoisotopic (exact) mass is 390 g/mol. The van der Waals surface area contributed by atoms with Gasteiger partial charge in [0.1, 0.15) is 11.5 Å². The number of rotatable bonds is 7. The Balaban J connectivity index is 1.69. The first kappa shape index (κ1) is 18.3. The topological polar surface area (TPSA) is 74.5 Å². The van der Waals surface area contributed by atoms with Gasteiger partial charge >= 0.3 is 0 Å². The Morgan fingerprint density at radius 1 is 1.15 bits per heavy atom. The second-order valence-corrected chi connectivity index (χ2v) is 6.52. The average Bonchev–Trinajstić information content (AvgIpc) is 3.14. The maximum absolute atomic E-state index is 12.5. The molecule has 0 unspecified atom stereocenters. The molecule has 0 aliphatic carbocycles. The van der Waals surface area contributed by atoms with Crippen molar-refractivity contribution in [1.29, 1.82) is 0 Å². The van der Waals surface area contributed by atoms with E-state index in [4.69, 9.17) is 25.5 Å². The predicted molar refractivity (Wildman–Crippen MR) is 99.3 cm³/mol. The molecule has 3 aromatic rings. The Kier molecular flexibility index (Phi) is 5.80. The molecule has 0 aliphatic rings. The lowest BCUT2D eigenvalue weighted by atomic mass is 10.1. The van der Waals surface area contributed by atoms with Crippen LogP contribution in [-0.4, -0.2) is 36.0 Å². The van der Waals surface area contributed by atoms with Crippen LogP contribution in [0.25, 0.3) is 11.5 Å². The summed E-state index contributed by atoms with van der Waals surface area (Å²) in [5.74, 6) is 1.45. The van der Waals surface area contributed by atoms with Gasteiger partial charge in [-0.1, -0.05) is 29.4 Å². The molecule has 0 N–H and O–H groups in total. The summed E-state index contributed by atoms with van der Waals surface area (Å²) >= 11 is 7.12. The molecule has 0 aliphatic heterocycles. The molecule has 1 heterocycles. The highest BCUT2D eigenvalue weighted by atomic mass is 35.5. The van der Waals surface area contributed by atoms with Gasteiger partial charge in [-0.25, -0.2) is 0 Å². The van der Waals surface area contributed by atoms with Gasteiger partial charge in [-0.05, 0) is 30.3 Å². The number of carbonyl (C=O) groups is 1. The summed E-state index contributed by atoms with van der Waals surface area (Å²) in [5.41, 5.74) is 1.19. The van der Waals surface area contributed by atoms with E-state index in [1.165, 1.54) is 7.11 Å². The number of Topliss-reactive ketones (excluding diaryl/α,β-unsaturated/α-hetero) is 1. The SMILES string of the molecule is COc1ccc(C(=O)CSc2nnc(-c3cccc(Cl)c3)o2)c(OC)c1. The van der Waals surface area contributed by atoms with Gasteiger partial charge in [0.2, 0.25) is 5.89 Å². The van der Waals surface area contributed by atoms with Crippen LogP contribution in [0.5, 0.6) is 11.5 Å². The van der Waals surface area contributed by atoms with Crippen LogP contribution in [-0.2, 0) is 0 Å². The van der Waals surface area contributed by atoms with E-state index in [0.29, 0.717) is 33.2 Å². The average molecular weight is 391 g/mol. The minimum atomic E-state index is -0.114. The quantitative estimate of drug-likeness (QED) is 0.437. The molecule has 0 bridgehead atoms. The van der Waals surface area contributed by atoms with E-state index in [1.807, 2.05) is 6.07 Å². The van der Waals surface area contributed by atoms with E-state index < -0.39 is 0 Å². The molecular formula is C18H15ClN2O4S. The van der Waals surface area contributed by atoms with Crippen LogP contribution >= 0.6 is 23.4 Å². The Hall–Kier alpha value is -2.51. The van der Waals surface area contributed by atoms with Crippen LogP contribution in [0.15, 0.2) is 52.1 Å². The molecule has 6 nitrogen and oxygen atoms in total. The van der Waals surface area contributed by atoms with Crippen molar-refractivity contribution in [1.82, 2.24) is 10.2 Å². The van der Waals surface area contributed by atoms with Crippen molar-refractivity contribution in [3.05, 3.63) is 53.1 Å². The molecule has 134 valence electrons. The minimum absolute atomic E-state index is 0.114. The number of aromatic nitrogens is 2. The summed E-state index contributed by atoms with van der Waals surface area (Å²) in [7, 11) is 3.06. The van der Waals surface area contributed by atoms with Gasteiger partial charge < -0.3 is 13.9 Å². The van der Waals surface area contributed by atoms with Crippen molar-refractivity contribution in [2.24, 2.45) is 0 Å². The molecule has 2 aromatic carbocycles. The highest BCUT2D eigenvalue weighted by molar-refractivity contribution is 7.99. The Morgan fingerprint density at radius 3 is 2.73 bits per heavy atom. The van der Waals surface area contributed by atoms with Gasteiger partial charge in [0.15, 0.2) is 5.78 Å². The first-order valence-electron chi connectivity index (χ1n) is 7.58. The van der Waals surface area contributed by atoms with E-state index in [-0.39, 0.29) is 11.5 Å². The van der Waals surface area contributed by atoms with Crippen LogP contribution in [0.3, 0.4) is 0 Å². The Bertz CT molecular complexity index is 929. The highest BCUT2D eigenvalue weighted by Crippen LogP contribution is 2.28. The molecule has 8 heteroatoms. The summed E-state index contributed by atoms with van der Waals surface area (Å²) in [6.45, 7) is 0. The molecule has 26 heavy (non-hydrogen) atoms. The molecule has 1 aromatic heterocycles. The van der Waals surface area contributed by atoms with Crippen LogP contribution in [0, 0.1) is 0 Å². The fourth-order valence-electron chi connectivity index (χ4n) is 2.24. The highest BCUT2D eigenvalue weighted by Gasteiger charge is 2.16. The molecule has 0 amide bonds. The van der Waals surface area contributed by atoms with Gasteiger partial charge in [0.05, 0.1) is 25.5 Å². The zero-order chi connectivity index (χ0) is 18.5. The fraction of sp³-hybridized carbons (Fsp3) is 0.167. The van der Waals surface area contributed by atoms with Crippen molar-refractivity contribution >= 4 is 29.1 Å². The summed E-state index contributed by atoms with van der Waals surface area (Å²) in [6.07, 6.45) is 0. The zero-order valence-electron chi connectivity index (χ0n) is 14.1. The number of halogens is 1. The van der Waals surface area contributed by atoms with Crippen molar-refractivity contribution in [2.45, 2.75) is 5.22 Å². The number of ether oxygens (including phenoxy) is 2. The molecular weight excluding hydrogens is 376 g/mol. The second kappa shape index (κ2) is 8.25. The van der Waals surface area contributed by atoms with Gasteiger partial charge in [-0.3, -0.25) is 4.79 Å². The van der Waals surface area contributed by atoms with E-state index in [1.54, 1.807) is 43.5 Å². The Morgan fingerprint density at radius 2 is 2.00 bits per heavy atom. The molecule has 3 rings (SSSR count). The maximum atomic E-state index is 12.5. The summed E-state index contributed by atoms with van der Waals surface area (Å²) in [6, 6.07) is 12.2. The van der Waals surface area contributed by atoms with Crippen molar-refractivity contribution < 1.29 is 18.7 Å². The van der Waals surface area contributed by atoms with Gasteiger partial charge in [0, 0.05) is 16.7 Å². The summed E-state index contributed by atoms with van der Waals surface area (Å²) in [4.78, 5) is 12.5. The number of nitrogens with zero attached hydrogens (tertiary/aromatic N) is 2. The minimum Gasteiger partial charge on any atom is -0.497 e. The number of ketones is 1. The van der Waals surface area contributed by atoms with Gasteiger partial charge in [0.25, 0.3) is 5.22 Å². The zero-order valence-corrected chi connectivity index (χ0v) is 15.6. The third kappa shape index (κ3) is 4.17. The Labute approximate surface area is 159 Å². The van der Waals surface area contributed by atoms with Gasteiger partial charge in [-0.15, -0.1) is 10.2 Å². The van der Waals surface area contributed by atoms with Crippen LogP contribution in [0.1, 0.15) is 10.4 Å². The van der Waals surface area contributed by atoms with E-state index in [0.717, 1.165) is 17.3 Å². The van der Waals surface area contributed by atoms with E-state index >= 15 is 0 Å². The number of benzene rings is 2. The lowest BCUT2D eigenvalue weighted by Gasteiger charge is -2.08. The molecule has 0 fully saturated rings. The maximum Gasteiger partial charge on any atom is 0.277 e. The molecule has 0 radical (unpaired) electrons. The third-order valence-electron chi connectivity index (χ3n) is 3.51. The van der Waals surface area contributed by atoms with Crippen molar-refractivity contribution in [3.8, 4) is 23.0 Å². The standard InChI is InChI=1S/C18H15ClN2O4S/c1-23-13-6-7-14(16(9-13)24-2)15(22)10-26-18-21-20-17(25-18)11-4-3-5-12(19)8-11/h3-9H,10H2,1-2H3. The first-order chi connectivity index (χ1) is 12.6. The van der Waals surface area contributed by atoms with E-state index in [2.05, 4.69) is 10.2 Å². The smallest absolute Gasteiger partial charge is 0.277 e. The number of thioether (sulfide) groups is 1. The second-order valence-electron chi connectivity index (χ2n) is 5.16. The number of methoxy groups -OCH3 is 2. The number of hydrogen-bond donors (Lipinski definition) is 0. The number of carbonyl (C=O) groups excluding carboxylic acids is 1. The molecule has 0 saturated heterocycles. The molecule has 0 saturated carbocycles. The lowest BCUT2D eigenvalue weighted by Crippen LogP contribution is -2.05. The lowest BCUT2D eigenvalue weighted by molar-refractivity contribution is 0.101. The normalized spacial score (nSPS) is 10.6. The van der Waals surface area contributed by atoms with E-state index in [9.17, 15) is 4.79 Å². The van der Waals surface area contributed by atoms with Crippen molar-refractivity contribution in [3.63, 3.8) is 0 Å². The summed E-state index contributed by atoms with van der Waals surface area (Å²) < 4.78 is 16.0. The fourth-order valence-corrected chi connectivity index (χ4v) is 3.08. The van der Waals surface area contributed by atoms with Gasteiger partial charge in [-0.2, -0.15) is 0 Å². The summed E-state index contributed by atoms with van der Waals surface area (Å²) in [5, 5.41) is 8.83. The third-order valence-corrected chi connectivity index (χ3v) is 4.57. The predicted octanol–water partition coefficient (Wildman–Crippen LogP) is 4.38.